The second-order valence-electron chi connectivity index (χ2n) is 7.95. The van der Waals surface area contributed by atoms with E-state index < -0.39 is 0 Å². The van der Waals surface area contributed by atoms with Crippen LogP contribution in [0.3, 0.4) is 0 Å². The van der Waals surface area contributed by atoms with Crippen molar-refractivity contribution in [2.24, 2.45) is 18.0 Å². The highest BCUT2D eigenvalue weighted by Crippen LogP contribution is 2.21. The van der Waals surface area contributed by atoms with E-state index in [0.717, 1.165) is 44.4 Å². The van der Waals surface area contributed by atoms with E-state index in [4.69, 9.17) is 4.99 Å². The van der Waals surface area contributed by atoms with Crippen LogP contribution in [0.2, 0.25) is 0 Å². The molecule has 0 bridgehead atoms. The highest BCUT2D eigenvalue weighted by atomic mass is 15.3. The van der Waals surface area contributed by atoms with Crippen molar-refractivity contribution in [3.05, 3.63) is 72.1 Å². The van der Waals surface area contributed by atoms with Crippen LogP contribution in [0.1, 0.15) is 30.3 Å². The van der Waals surface area contributed by atoms with Gasteiger partial charge in [-0.15, -0.1) is 0 Å². The molecule has 3 aromatic rings. The maximum absolute atomic E-state index is 4.92. The first-order valence-corrected chi connectivity index (χ1v) is 10.8. The van der Waals surface area contributed by atoms with Crippen LogP contribution < -0.4 is 5.32 Å². The van der Waals surface area contributed by atoms with E-state index >= 15 is 0 Å². The van der Waals surface area contributed by atoms with Crippen molar-refractivity contribution in [1.29, 1.82) is 0 Å². The lowest BCUT2D eigenvalue weighted by Crippen LogP contribution is -2.40. The average molecular weight is 406 g/mol. The van der Waals surface area contributed by atoms with E-state index in [-0.39, 0.29) is 0 Å². The first-order valence-electron chi connectivity index (χ1n) is 10.8. The zero-order valence-electron chi connectivity index (χ0n) is 17.9. The Bertz CT molecular complexity index is 957. The minimum absolute atomic E-state index is 0.575. The van der Waals surface area contributed by atoms with E-state index in [2.05, 4.69) is 62.3 Å². The maximum atomic E-state index is 4.92. The number of benzene rings is 1. The molecule has 0 aliphatic carbocycles. The average Bonchev–Trinajstić information content (AvgIpc) is 3.49. The van der Waals surface area contributed by atoms with E-state index in [1.165, 1.54) is 17.5 Å². The topological polar surface area (TPSA) is 63.3 Å². The van der Waals surface area contributed by atoms with Gasteiger partial charge in [0.1, 0.15) is 12.4 Å². The largest absolute Gasteiger partial charge is 0.357 e. The summed E-state index contributed by atoms with van der Waals surface area (Å²) in [7, 11) is 1.97. The molecule has 30 heavy (non-hydrogen) atoms. The molecule has 1 aromatic carbocycles. The summed E-state index contributed by atoms with van der Waals surface area (Å²) in [5, 5.41) is 7.76. The fourth-order valence-electron chi connectivity index (χ4n) is 4.09. The van der Waals surface area contributed by atoms with Gasteiger partial charge in [0, 0.05) is 51.8 Å². The Kier molecular flexibility index (Phi) is 6.47. The number of likely N-dealkylation sites (tertiary alicyclic amines) is 1. The minimum Gasteiger partial charge on any atom is -0.357 e. The summed E-state index contributed by atoms with van der Waals surface area (Å²) in [6.07, 6.45) is 10.3. The lowest BCUT2D eigenvalue weighted by molar-refractivity contribution is 0.459. The first-order chi connectivity index (χ1) is 14.7. The number of rotatable bonds is 7. The lowest BCUT2D eigenvalue weighted by Gasteiger charge is -2.21. The van der Waals surface area contributed by atoms with E-state index in [1.54, 1.807) is 0 Å². The number of nitrogens with one attached hydrogen (secondary N) is 1. The predicted molar refractivity (Wildman–Crippen MR) is 119 cm³/mol. The second kappa shape index (κ2) is 9.61. The van der Waals surface area contributed by atoms with Gasteiger partial charge in [-0.3, -0.25) is 4.68 Å². The standard InChI is InChI=1S/C23H31N7/c1-3-24-23(30-11-9-20(18-30)13-21-14-27-28(2)16-21)26-15-22-25-10-12-29(22)17-19-7-5-4-6-8-19/h4-8,10,12,14,16,20H,3,9,11,13,15,17-18H2,1-2H3,(H,24,26). The third kappa shape index (κ3) is 5.09. The molecule has 7 nitrogen and oxygen atoms in total. The Morgan fingerprint density at radius 3 is 2.87 bits per heavy atom. The fraction of sp³-hybridized carbons (Fsp3) is 0.435. The van der Waals surface area contributed by atoms with Crippen molar-refractivity contribution in [1.82, 2.24) is 29.5 Å². The van der Waals surface area contributed by atoms with Crippen molar-refractivity contribution in [3.8, 4) is 0 Å². The number of nitrogens with zero attached hydrogens (tertiary/aromatic N) is 6. The van der Waals surface area contributed by atoms with Gasteiger partial charge in [-0.25, -0.2) is 9.98 Å². The molecule has 1 unspecified atom stereocenters. The van der Waals surface area contributed by atoms with Crippen LogP contribution in [-0.2, 0) is 26.6 Å². The van der Waals surface area contributed by atoms with Crippen LogP contribution >= 0.6 is 0 Å². The van der Waals surface area contributed by atoms with Gasteiger partial charge < -0.3 is 14.8 Å². The quantitative estimate of drug-likeness (QED) is 0.485. The van der Waals surface area contributed by atoms with Crippen molar-refractivity contribution in [2.75, 3.05) is 19.6 Å². The predicted octanol–water partition coefficient (Wildman–Crippen LogP) is 2.70. The zero-order valence-corrected chi connectivity index (χ0v) is 17.9. The summed E-state index contributed by atoms with van der Waals surface area (Å²) < 4.78 is 4.06. The molecule has 7 heteroatoms. The molecule has 4 rings (SSSR count). The highest BCUT2D eigenvalue weighted by Gasteiger charge is 2.25. The van der Waals surface area contributed by atoms with Gasteiger partial charge >= 0.3 is 0 Å². The molecule has 2 aromatic heterocycles. The lowest BCUT2D eigenvalue weighted by atomic mass is 10.0. The molecular formula is C23H31N7. The van der Waals surface area contributed by atoms with E-state index in [9.17, 15) is 0 Å². The molecule has 1 aliphatic rings. The summed E-state index contributed by atoms with van der Waals surface area (Å²) in [5.41, 5.74) is 2.58. The smallest absolute Gasteiger partial charge is 0.194 e. The Labute approximate surface area is 178 Å². The van der Waals surface area contributed by atoms with Crippen LogP contribution in [-0.4, -0.2) is 49.8 Å². The maximum Gasteiger partial charge on any atom is 0.194 e. The summed E-state index contributed by atoms with van der Waals surface area (Å²) in [6, 6.07) is 10.5. The highest BCUT2D eigenvalue weighted by molar-refractivity contribution is 5.80. The number of imidazole rings is 1. The van der Waals surface area contributed by atoms with Gasteiger partial charge in [0.15, 0.2) is 5.96 Å². The summed E-state index contributed by atoms with van der Waals surface area (Å²) in [6.45, 7) is 6.44. The Morgan fingerprint density at radius 2 is 2.10 bits per heavy atom. The van der Waals surface area contributed by atoms with Gasteiger partial charge in [0.05, 0.1) is 6.20 Å². The second-order valence-corrected chi connectivity index (χ2v) is 7.95. The molecule has 1 fully saturated rings. The van der Waals surface area contributed by atoms with Crippen LogP contribution in [0.25, 0.3) is 0 Å². The molecule has 0 amide bonds. The van der Waals surface area contributed by atoms with Crippen molar-refractivity contribution in [3.63, 3.8) is 0 Å². The molecule has 0 radical (unpaired) electrons. The van der Waals surface area contributed by atoms with Gasteiger partial charge in [-0.05, 0) is 36.8 Å². The van der Waals surface area contributed by atoms with Crippen molar-refractivity contribution >= 4 is 5.96 Å². The van der Waals surface area contributed by atoms with Gasteiger partial charge in [-0.2, -0.15) is 5.10 Å². The van der Waals surface area contributed by atoms with Crippen LogP contribution in [0.5, 0.6) is 0 Å². The molecule has 3 heterocycles. The number of hydrogen-bond donors (Lipinski definition) is 1. The third-order valence-electron chi connectivity index (χ3n) is 5.57. The monoisotopic (exact) mass is 405 g/mol. The number of aryl methyl sites for hydroxylation is 1. The number of hydrogen-bond acceptors (Lipinski definition) is 3. The SMILES string of the molecule is CCNC(=NCc1nccn1Cc1ccccc1)N1CCC(Cc2cnn(C)c2)C1. The van der Waals surface area contributed by atoms with E-state index in [0.29, 0.717) is 12.5 Å². The van der Waals surface area contributed by atoms with E-state index in [1.807, 2.05) is 36.4 Å². The fourth-order valence-corrected chi connectivity index (χ4v) is 4.09. The van der Waals surface area contributed by atoms with Gasteiger partial charge in [-0.1, -0.05) is 30.3 Å². The summed E-state index contributed by atoms with van der Waals surface area (Å²) in [5.74, 6) is 2.61. The summed E-state index contributed by atoms with van der Waals surface area (Å²) >= 11 is 0. The van der Waals surface area contributed by atoms with Crippen LogP contribution in [0, 0.1) is 5.92 Å². The molecule has 1 atom stereocenters. The molecule has 158 valence electrons. The molecule has 1 saturated heterocycles. The molecule has 0 saturated carbocycles. The minimum atomic E-state index is 0.575. The first kappa shape index (κ1) is 20.2. The number of guanidine groups is 1. The Hall–Kier alpha value is -3.09. The van der Waals surface area contributed by atoms with Crippen molar-refractivity contribution in [2.45, 2.75) is 32.9 Å². The number of aliphatic imine (C=N–C) groups is 1. The van der Waals surface area contributed by atoms with Gasteiger partial charge in [0.2, 0.25) is 0 Å². The number of aromatic nitrogens is 4. The zero-order chi connectivity index (χ0) is 20.8. The third-order valence-corrected chi connectivity index (χ3v) is 5.57. The van der Waals surface area contributed by atoms with Crippen LogP contribution in [0.4, 0.5) is 0 Å². The molecular weight excluding hydrogens is 374 g/mol. The van der Waals surface area contributed by atoms with Crippen molar-refractivity contribution < 1.29 is 0 Å². The Balaban J connectivity index is 1.39. The molecule has 1 N–H and O–H groups in total. The van der Waals surface area contributed by atoms with Crippen LogP contribution in [0.15, 0.2) is 60.1 Å². The molecule has 0 spiro atoms. The molecule has 1 aliphatic heterocycles. The Morgan fingerprint density at radius 1 is 1.23 bits per heavy atom. The van der Waals surface area contributed by atoms with Gasteiger partial charge in [0.25, 0.3) is 0 Å². The normalized spacial score (nSPS) is 16.9. The summed E-state index contributed by atoms with van der Waals surface area (Å²) in [4.78, 5) is 11.8.